The molecular formula is C13H26N2. The molecule has 1 heterocycles. The molecule has 1 saturated carbocycles. The molecule has 0 radical (unpaired) electrons. The van der Waals surface area contributed by atoms with E-state index in [-0.39, 0.29) is 0 Å². The van der Waals surface area contributed by atoms with Gasteiger partial charge in [0.05, 0.1) is 0 Å². The molecule has 2 nitrogen and oxygen atoms in total. The summed E-state index contributed by atoms with van der Waals surface area (Å²) in [6.07, 6.45) is 1.40. The fourth-order valence-corrected chi connectivity index (χ4v) is 3.76. The van der Waals surface area contributed by atoms with Crippen molar-refractivity contribution >= 4 is 0 Å². The van der Waals surface area contributed by atoms with Crippen LogP contribution in [0.4, 0.5) is 0 Å². The number of hydrogen-bond acceptors (Lipinski definition) is 2. The van der Waals surface area contributed by atoms with Crippen LogP contribution in [-0.2, 0) is 0 Å². The van der Waals surface area contributed by atoms with Crippen LogP contribution in [0.15, 0.2) is 0 Å². The zero-order valence-electron chi connectivity index (χ0n) is 10.8. The molecule has 0 aromatic heterocycles. The number of fused-ring (bicyclic) bond motifs is 1. The Bertz CT molecular complexity index is 241. The zero-order valence-corrected chi connectivity index (χ0v) is 10.8. The third-order valence-electron chi connectivity index (χ3n) is 4.22. The maximum Gasteiger partial charge on any atom is 0.0193 e. The van der Waals surface area contributed by atoms with Gasteiger partial charge in [-0.3, -0.25) is 4.90 Å². The monoisotopic (exact) mass is 210 g/mol. The van der Waals surface area contributed by atoms with Crippen molar-refractivity contribution in [3.8, 4) is 0 Å². The number of nitrogens with zero attached hydrogens (tertiary/aromatic N) is 1. The van der Waals surface area contributed by atoms with Gasteiger partial charge in [-0.1, -0.05) is 20.8 Å². The van der Waals surface area contributed by atoms with Crippen LogP contribution in [0.25, 0.3) is 0 Å². The lowest BCUT2D eigenvalue weighted by Crippen LogP contribution is -2.50. The normalized spacial score (nSPS) is 41.0. The van der Waals surface area contributed by atoms with E-state index in [0.29, 0.717) is 17.5 Å². The van der Waals surface area contributed by atoms with Crippen molar-refractivity contribution in [2.24, 2.45) is 23.0 Å². The molecule has 0 aromatic carbocycles. The van der Waals surface area contributed by atoms with E-state index < -0.39 is 0 Å². The average Bonchev–Trinajstić information content (AvgIpc) is 2.77. The van der Waals surface area contributed by atoms with Gasteiger partial charge in [0.25, 0.3) is 0 Å². The molecule has 2 heteroatoms. The summed E-state index contributed by atoms with van der Waals surface area (Å²) in [7, 11) is 0. The minimum absolute atomic E-state index is 0.363. The van der Waals surface area contributed by atoms with Gasteiger partial charge >= 0.3 is 0 Å². The average molecular weight is 210 g/mol. The maximum atomic E-state index is 5.97. The van der Waals surface area contributed by atoms with E-state index in [9.17, 15) is 0 Å². The standard InChI is InChI=1S/C13H26N2/c1-8(2)15-11-6-9(11)10(7-14)12(15)13(3,4)5/h8-12H,6-7,14H2,1-5H3/t9-,10-,11?,12-/m1/s1. The second kappa shape index (κ2) is 3.46. The fourth-order valence-electron chi connectivity index (χ4n) is 3.76. The number of rotatable bonds is 2. The predicted molar refractivity (Wildman–Crippen MR) is 64.7 cm³/mol. The molecule has 1 saturated heterocycles. The number of piperidine rings is 1. The first kappa shape index (κ1) is 11.4. The van der Waals surface area contributed by atoms with Gasteiger partial charge in [0.2, 0.25) is 0 Å². The molecular weight excluding hydrogens is 184 g/mol. The Morgan fingerprint density at radius 2 is 1.93 bits per heavy atom. The first-order chi connectivity index (χ1) is 6.88. The van der Waals surface area contributed by atoms with E-state index in [1.54, 1.807) is 0 Å². The van der Waals surface area contributed by atoms with Crippen molar-refractivity contribution in [3.05, 3.63) is 0 Å². The van der Waals surface area contributed by atoms with E-state index in [1.807, 2.05) is 0 Å². The quantitative estimate of drug-likeness (QED) is 0.756. The van der Waals surface area contributed by atoms with Crippen LogP contribution in [0.1, 0.15) is 41.0 Å². The van der Waals surface area contributed by atoms with Crippen LogP contribution in [0.5, 0.6) is 0 Å². The molecule has 88 valence electrons. The Hall–Kier alpha value is -0.0800. The minimum atomic E-state index is 0.363. The van der Waals surface area contributed by atoms with Crippen LogP contribution in [0.2, 0.25) is 0 Å². The van der Waals surface area contributed by atoms with Crippen LogP contribution in [0.3, 0.4) is 0 Å². The third-order valence-corrected chi connectivity index (χ3v) is 4.22. The summed E-state index contributed by atoms with van der Waals surface area (Å²) in [4.78, 5) is 2.74. The van der Waals surface area contributed by atoms with Gasteiger partial charge in [-0.05, 0) is 44.1 Å². The molecule has 1 unspecified atom stereocenters. The van der Waals surface area contributed by atoms with Gasteiger partial charge in [0.1, 0.15) is 0 Å². The topological polar surface area (TPSA) is 29.3 Å². The molecule has 2 N–H and O–H groups in total. The summed E-state index contributed by atoms with van der Waals surface area (Å²) in [5.74, 6) is 1.64. The molecule has 4 atom stereocenters. The van der Waals surface area contributed by atoms with Gasteiger partial charge in [0, 0.05) is 18.1 Å². The summed E-state index contributed by atoms with van der Waals surface area (Å²) in [6.45, 7) is 12.6. The predicted octanol–water partition coefficient (Wildman–Crippen LogP) is 2.09. The lowest BCUT2D eigenvalue weighted by atomic mass is 9.77. The Kier molecular flexibility index (Phi) is 2.63. The number of likely N-dealkylation sites (tertiary alicyclic amines) is 1. The van der Waals surface area contributed by atoms with Crippen molar-refractivity contribution in [1.82, 2.24) is 4.90 Å². The highest BCUT2D eigenvalue weighted by Crippen LogP contribution is 2.56. The molecule has 0 amide bonds. The van der Waals surface area contributed by atoms with E-state index in [1.165, 1.54) is 6.42 Å². The first-order valence-electron chi connectivity index (χ1n) is 6.35. The van der Waals surface area contributed by atoms with E-state index in [2.05, 4.69) is 39.5 Å². The van der Waals surface area contributed by atoms with Gasteiger partial charge in [-0.15, -0.1) is 0 Å². The van der Waals surface area contributed by atoms with Crippen molar-refractivity contribution in [3.63, 3.8) is 0 Å². The minimum Gasteiger partial charge on any atom is -0.330 e. The highest BCUT2D eigenvalue weighted by atomic mass is 15.3. The van der Waals surface area contributed by atoms with Crippen LogP contribution in [0, 0.1) is 17.3 Å². The van der Waals surface area contributed by atoms with Crippen LogP contribution < -0.4 is 5.73 Å². The summed E-state index contributed by atoms with van der Waals surface area (Å²) in [6, 6.07) is 2.20. The Morgan fingerprint density at radius 1 is 1.33 bits per heavy atom. The lowest BCUT2D eigenvalue weighted by Gasteiger charge is -2.42. The van der Waals surface area contributed by atoms with Gasteiger partial charge in [-0.25, -0.2) is 0 Å². The molecule has 0 bridgehead atoms. The van der Waals surface area contributed by atoms with Gasteiger partial charge < -0.3 is 5.73 Å². The number of hydrogen-bond donors (Lipinski definition) is 1. The highest BCUT2D eigenvalue weighted by Gasteiger charge is 2.60. The molecule has 2 rings (SSSR count). The summed E-state index contributed by atoms with van der Waals surface area (Å²) >= 11 is 0. The SMILES string of the molecule is CC(C)N1C2C[C@@H]2[C@@H](CN)[C@@H]1C(C)(C)C. The molecule has 0 spiro atoms. The molecule has 0 aromatic rings. The fraction of sp³-hybridized carbons (Fsp3) is 1.00. The molecule has 1 aliphatic heterocycles. The molecule has 1 aliphatic carbocycles. The van der Waals surface area contributed by atoms with Crippen molar-refractivity contribution in [1.29, 1.82) is 0 Å². The molecule has 15 heavy (non-hydrogen) atoms. The first-order valence-corrected chi connectivity index (χ1v) is 6.35. The maximum absolute atomic E-state index is 5.97. The van der Waals surface area contributed by atoms with E-state index in [4.69, 9.17) is 5.73 Å². The largest absolute Gasteiger partial charge is 0.330 e. The van der Waals surface area contributed by atoms with Crippen molar-refractivity contribution in [2.75, 3.05) is 6.54 Å². The van der Waals surface area contributed by atoms with Gasteiger partial charge in [-0.2, -0.15) is 0 Å². The second-order valence-corrected chi connectivity index (χ2v) is 6.72. The third kappa shape index (κ3) is 1.72. The highest BCUT2D eigenvalue weighted by molar-refractivity contribution is 5.14. The Balaban J connectivity index is 2.23. The zero-order chi connectivity index (χ0) is 11.4. The molecule has 2 aliphatic rings. The second-order valence-electron chi connectivity index (χ2n) is 6.72. The molecule has 2 fully saturated rings. The van der Waals surface area contributed by atoms with Crippen molar-refractivity contribution in [2.45, 2.75) is 59.2 Å². The lowest BCUT2D eigenvalue weighted by molar-refractivity contribution is 0.0600. The number of nitrogens with two attached hydrogens (primary N) is 1. The summed E-state index contributed by atoms with van der Waals surface area (Å²) in [5, 5.41) is 0. The van der Waals surface area contributed by atoms with Crippen molar-refractivity contribution < 1.29 is 0 Å². The van der Waals surface area contributed by atoms with Crippen LogP contribution in [-0.4, -0.2) is 29.6 Å². The van der Waals surface area contributed by atoms with E-state index in [0.717, 1.165) is 24.4 Å². The van der Waals surface area contributed by atoms with E-state index >= 15 is 0 Å². The van der Waals surface area contributed by atoms with Gasteiger partial charge in [0.15, 0.2) is 0 Å². The summed E-state index contributed by atoms with van der Waals surface area (Å²) < 4.78 is 0. The Morgan fingerprint density at radius 3 is 2.33 bits per heavy atom. The summed E-state index contributed by atoms with van der Waals surface area (Å²) in [5.41, 5.74) is 6.34. The smallest absolute Gasteiger partial charge is 0.0193 e. The van der Waals surface area contributed by atoms with Crippen LogP contribution >= 0.6 is 0 Å². The Labute approximate surface area is 94.2 Å².